The molecule has 1 amide bonds. The molecule has 0 atom stereocenters. The third kappa shape index (κ3) is 6.12. The van der Waals surface area contributed by atoms with Crippen molar-refractivity contribution in [2.45, 2.75) is 13.3 Å². The molecule has 0 heterocycles. The van der Waals surface area contributed by atoms with Crippen molar-refractivity contribution < 1.29 is 9.18 Å². The van der Waals surface area contributed by atoms with Crippen LogP contribution in [-0.2, 0) is 6.42 Å². The average molecular weight is 408 g/mol. The summed E-state index contributed by atoms with van der Waals surface area (Å²) < 4.78 is 13.7. The van der Waals surface area contributed by atoms with Gasteiger partial charge in [0, 0.05) is 17.9 Å². The molecule has 0 aromatic heterocycles. The van der Waals surface area contributed by atoms with Gasteiger partial charge in [-0.1, -0.05) is 42.0 Å². The highest BCUT2D eigenvalue weighted by Gasteiger charge is 2.10. The highest BCUT2D eigenvalue weighted by molar-refractivity contribution is 7.80. The van der Waals surface area contributed by atoms with Gasteiger partial charge < -0.3 is 16.0 Å². The molecule has 0 aliphatic heterocycles. The number of halogens is 1. The van der Waals surface area contributed by atoms with E-state index in [9.17, 15) is 9.18 Å². The second-order valence-corrected chi connectivity index (χ2v) is 7.04. The van der Waals surface area contributed by atoms with Crippen LogP contribution in [0.2, 0.25) is 0 Å². The molecule has 0 aliphatic rings. The van der Waals surface area contributed by atoms with Crippen molar-refractivity contribution in [3.8, 4) is 0 Å². The van der Waals surface area contributed by atoms with E-state index in [-0.39, 0.29) is 5.56 Å². The van der Waals surface area contributed by atoms with Crippen molar-refractivity contribution in [2.24, 2.45) is 0 Å². The summed E-state index contributed by atoms with van der Waals surface area (Å²) in [7, 11) is 0. The molecule has 29 heavy (non-hydrogen) atoms. The zero-order chi connectivity index (χ0) is 20.6. The van der Waals surface area contributed by atoms with E-state index in [4.69, 9.17) is 12.2 Å². The maximum Gasteiger partial charge on any atom is 0.258 e. The van der Waals surface area contributed by atoms with Gasteiger partial charge in [0.1, 0.15) is 5.82 Å². The number of benzene rings is 3. The maximum absolute atomic E-state index is 13.7. The standard InChI is InChI=1S/C23H22FN3OS/c1-16-6-8-17(9-7-16)14-15-25-23(29)27-19-12-10-18(11-13-19)26-22(28)20-4-2-3-5-21(20)24/h2-13H,14-15H2,1H3,(H,26,28)(H2,25,27,29). The molecule has 0 bridgehead atoms. The van der Waals surface area contributed by atoms with E-state index in [0.29, 0.717) is 10.8 Å². The largest absolute Gasteiger partial charge is 0.362 e. The molecule has 0 fully saturated rings. The average Bonchev–Trinajstić information content (AvgIpc) is 2.71. The van der Waals surface area contributed by atoms with E-state index < -0.39 is 11.7 Å². The number of amides is 1. The summed E-state index contributed by atoms with van der Waals surface area (Å²) >= 11 is 5.32. The summed E-state index contributed by atoms with van der Waals surface area (Å²) in [6.45, 7) is 2.80. The van der Waals surface area contributed by atoms with Gasteiger partial charge in [0.2, 0.25) is 0 Å². The quantitative estimate of drug-likeness (QED) is 0.508. The molecule has 0 spiro atoms. The molecule has 3 aromatic carbocycles. The van der Waals surface area contributed by atoms with Crippen LogP contribution in [0.25, 0.3) is 0 Å². The van der Waals surface area contributed by atoms with Gasteiger partial charge in [-0.3, -0.25) is 4.79 Å². The Hall–Kier alpha value is -3.25. The lowest BCUT2D eigenvalue weighted by molar-refractivity contribution is 0.102. The number of nitrogens with one attached hydrogen (secondary N) is 3. The molecule has 4 nitrogen and oxygen atoms in total. The second-order valence-electron chi connectivity index (χ2n) is 6.63. The first kappa shape index (κ1) is 20.5. The van der Waals surface area contributed by atoms with Crippen LogP contribution in [0, 0.1) is 12.7 Å². The third-order valence-electron chi connectivity index (χ3n) is 4.34. The minimum absolute atomic E-state index is 0.00801. The van der Waals surface area contributed by atoms with E-state index >= 15 is 0 Å². The number of hydrogen-bond acceptors (Lipinski definition) is 2. The molecule has 3 rings (SSSR count). The van der Waals surface area contributed by atoms with Gasteiger partial charge in [-0.05, 0) is 67.5 Å². The Bertz CT molecular complexity index is 988. The lowest BCUT2D eigenvalue weighted by atomic mass is 10.1. The summed E-state index contributed by atoms with van der Waals surface area (Å²) in [6, 6.07) is 21.3. The summed E-state index contributed by atoms with van der Waals surface area (Å²) in [4.78, 5) is 12.2. The summed E-state index contributed by atoms with van der Waals surface area (Å²) in [5.74, 6) is -1.04. The van der Waals surface area contributed by atoms with E-state index in [2.05, 4.69) is 47.1 Å². The van der Waals surface area contributed by atoms with E-state index in [1.165, 1.54) is 23.3 Å². The van der Waals surface area contributed by atoms with E-state index in [1.54, 1.807) is 36.4 Å². The lowest BCUT2D eigenvalue weighted by Crippen LogP contribution is -2.30. The number of aryl methyl sites for hydroxylation is 1. The predicted molar refractivity (Wildman–Crippen MR) is 120 cm³/mol. The Morgan fingerprint density at radius 3 is 2.17 bits per heavy atom. The fourth-order valence-electron chi connectivity index (χ4n) is 2.73. The maximum atomic E-state index is 13.7. The number of rotatable bonds is 6. The molecule has 0 radical (unpaired) electrons. The van der Waals surface area contributed by atoms with Crippen LogP contribution in [0.15, 0.2) is 72.8 Å². The smallest absolute Gasteiger partial charge is 0.258 e. The summed E-state index contributed by atoms with van der Waals surface area (Å²) in [5, 5.41) is 9.49. The third-order valence-corrected chi connectivity index (χ3v) is 4.59. The molecule has 0 saturated heterocycles. The van der Waals surface area contributed by atoms with Crippen molar-refractivity contribution >= 4 is 34.6 Å². The SMILES string of the molecule is Cc1ccc(CCNC(=S)Nc2ccc(NC(=O)c3ccccc3F)cc2)cc1. The Balaban J connectivity index is 1.47. The fraction of sp³-hybridized carbons (Fsp3) is 0.130. The van der Waals surface area contributed by atoms with Gasteiger partial charge >= 0.3 is 0 Å². The first-order chi connectivity index (χ1) is 14.0. The zero-order valence-corrected chi connectivity index (χ0v) is 16.9. The van der Waals surface area contributed by atoms with Crippen LogP contribution in [0.4, 0.5) is 15.8 Å². The van der Waals surface area contributed by atoms with Crippen LogP contribution in [0.5, 0.6) is 0 Å². The van der Waals surface area contributed by atoms with Crippen LogP contribution in [0.3, 0.4) is 0 Å². The topological polar surface area (TPSA) is 53.2 Å². The molecule has 148 valence electrons. The first-order valence-corrected chi connectivity index (χ1v) is 9.68. The molecule has 3 N–H and O–H groups in total. The van der Waals surface area contributed by atoms with E-state index in [1.807, 2.05) is 0 Å². The van der Waals surface area contributed by atoms with Gasteiger partial charge in [0.05, 0.1) is 5.56 Å². The van der Waals surface area contributed by atoms with Gasteiger partial charge in [0.15, 0.2) is 5.11 Å². The summed E-state index contributed by atoms with van der Waals surface area (Å²) in [5.41, 5.74) is 3.87. The monoisotopic (exact) mass is 407 g/mol. The minimum Gasteiger partial charge on any atom is -0.362 e. The minimum atomic E-state index is -0.551. The highest BCUT2D eigenvalue weighted by Crippen LogP contribution is 2.15. The Morgan fingerprint density at radius 1 is 0.897 bits per heavy atom. The predicted octanol–water partition coefficient (Wildman–Crippen LogP) is 4.92. The van der Waals surface area contributed by atoms with Gasteiger partial charge in [0.25, 0.3) is 5.91 Å². The molecule has 0 saturated carbocycles. The van der Waals surface area contributed by atoms with Gasteiger partial charge in [-0.15, -0.1) is 0 Å². The van der Waals surface area contributed by atoms with Crippen molar-refractivity contribution in [2.75, 3.05) is 17.2 Å². The number of hydrogen-bond donors (Lipinski definition) is 3. The molecule has 6 heteroatoms. The summed E-state index contributed by atoms with van der Waals surface area (Å²) in [6.07, 6.45) is 0.878. The highest BCUT2D eigenvalue weighted by atomic mass is 32.1. The van der Waals surface area contributed by atoms with Crippen molar-refractivity contribution in [3.63, 3.8) is 0 Å². The van der Waals surface area contributed by atoms with Crippen LogP contribution in [-0.4, -0.2) is 17.6 Å². The lowest BCUT2D eigenvalue weighted by Gasteiger charge is -2.12. The molecular weight excluding hydrogens is 385 g/mol. The van der Waals surface area contributed by atoms with Crippen LogP contribution >= 0.6 is 12.2 Å². The number of carbonyl (C=O) groups excluding carboxylic acids is 1. The zero-order valence-electron chi connectivity index (χ0n) is 16.0. The Kier molecular flexibility index (Phi) is 6.92. The van der Waals surface area contributed by atoms with Crippen LogP contribution in [0.1, 0.15) is 21.5 Å². The molecule has 0 unspecified atom stereocenters. The fourth-order valence-corrected chi connectivity index (χ4v) is 2.95. The molecular formula is C23H22FN3OS. The van der Waals surface area contributed by atoms with Gasteiger partial charge in [-0.2, -0.15) is 0 Å². The normalized spacial score (nSPS) is 10.3. The molecule has 3 aromatic rings. The second kappa shape index (κ2) is 9.80. The molecule has 0 aliphatic carbocycles. The Labute approximate surface area is 175 Å². The van der Waals surface area contributed by atoms with Crippen molar-refractivity contribution in [1.82, 2.24) is 5.32 Å². The first-order valence-electron chi connectivity index (χ1n) is 9.27. The van der Waals surface area contributed by atoms with Crippen LogP contribution < -0.4 is 16.0 Å². The Morgan fingerprint density at radius 2 is 1.52 bits per heavy atom. The number of thiocarbonyl (C=S) groups is 1. The van der Waals surface area contributed by atoms with Gasteiger partial charge in [-0.25, -0.2) is 4.39 Å². The number of anilines is 2. The number of carbonyl (C=O) groups is 1. The van der Waals surface area contributed by atoms with Crippen molar-refractivity contribution in [1.29, 1.82) is 0 Å². The van der Waals surface area contributed by atoms with Crippen molar-refractivity contribution in [3.05, 3.63) is 95.3 Å². The van der Waals surface area contributed by atoms with E-state index in [0.717, 1.165) is 18.7 Å².